The van der Waals surface area contributed by atoms with Gasteiger partial charge in [0.2, 0.25) is 0 Å². The predicted molar refractivity (Wildman–Crippen MR) is 92.1 cm³/mol. The van der Waals surface area contributed by atoms with E-state index in [0.29, 0.717) is 5.92 Å². The van der Waals surface area contributed by atoms with Crippen LogP contribution in [0.3, 0.4) is 0 Å². The summed E-state index contributed by atoms with van der Waals surface area (Å²) in [5.41, 5.74) is 4.04. The number of nitrogens with zero attached hydrogens (tertiary/aromatic N) is 1. The van der Waals surface area contributed by atoms with Gasteiger partial charge in [0.05, 0.1) is 6.61 Å². The van der Waals surface area contributed by atoms with E-state index in [4.69, 9.17) is 4.74 Å². The van der Waals surface area contributed by atoms with Crippen molar-refractivity contribution in [3.05, 3.63) is 29.3 Å². The molecule has 3 heteroatoms. The number of ether oxygens (including phenoxy) is 1. The highest BCUT2D eigenvalue weighted by Crippen LogP contribution is 2.22. The lowest BCUT2D eigenvalue weighted by Gasteiger charge is -2.28. The molecule has 120 valence electrons. The van der Waals surface area contributed by atoms with Crippen molar-refractivity contribution in [1.82, 2.24) is 5.32 Å². The summed E-state index contributed by atoms with van der Waals surface area (Å²) in [4.78, 5) is 2.44. The molecule has 0 heterocycles. The molecule has 0 spiro atoms. The molecular weight excluding hydrogens is 260 g/mol. The summed E-state index contributed by atoms with van der Waals surface area (Å²) < 4.78 is 5.25. The van der Waals surface area contributed by atoms with Crippen LogP contribution in [0, 0.1) is 12.8 Å². The Kier molecular flexibility index (Phi) is 8.40. The first-order valence-electron chi connectivity index (χ1n) is 8.12. The maximum absolute atomic E-state index is 5.25. The van der Waals surface area contributed by atoms with E-state index in [2.05, 4.69) is 56.1 Å². The molecule has 21 heavy (non-hydrogen) atoms. The number of anilines is 1. The van der Waals surface area contributed by atoms with E-state index in [9.17, 15) is 0 Å². The van der Waals surface area contributed by atoms with Crippen LogP contribution in [-0.4, -0.2) is 33.4 Å². The van der Waals surface area contributed by atoms with Gasteiger partial charge in [-0.05, 0) is 43.0 Å². The van der Waals surface area contributed by atoms with Gasteiger partial charge in [0.15, 0.2) is 0 Å². The van der Waals surface area contributed by atoms with E-state index in [0.717, 1.165) is 32.8 Å². The Labute approximate surface area is 130 Å². The van der Waals surface area contributed by atoms with E-state index in [-0.39, 0.29) is 0 Å². The number of aryl methyl sites for hydroxylation is 1. The first kappa shape index (κ1) is 18.0. The molecule has 1 rings (SSSR count). The van der Waals surface area contributed by atoms with Crippen molar-refractivity contribution in [2.24, 2.45) is 5.92 Å². The number of rotatable bonds is 10. The highest BCUT2D eigenvalue weighted by atomic mass is 16.5. The van der Waals surface area contributed by atoms with Gasteiger partial charge < -0.3 is 15.0 Å². The van der Waals surface area contributed by atoms with Gasteiger partial charge >= 0.3 is 0 Å². The second-order valence-corrected chi connectivity index (χ2v) is 6.13. The average molecular weight is 292 g/mol. The van der Waals surface area contributed by atoms with Crippen molar-refractivity contribution in [3.63, 3.8) is 0 Å². The van der Waals surface area contributed by atoms with Crippen LogP contribution in [0.1, 0.15) is 38.3 Å². The monoisotopic (exact) mass is 292 g/mol. The standard InChI is InChI=1S/C18H32N2O/c1-6-9-19-13-17-7-8-18(16(4)12-17)20(10-11-21-5)14-15(2)3/h7-8,12,15,19H,6,9-11,13-14H2,1-5H3. The summed E-state index contributed by atoms with van der Waals surface area (Å²) in [7, 11) is 1.77. The summed E-state index contributed by atoms with van der Waals surface area (Å²) in [5, 5.41) is 3.46. The minimum atomic E-state index is 0.646. The van der Waals surface area contributed by atoms with Crippen molar-refractivity contribution in [1.29, 1.82) is 0 Å². The zero-order valence-electron chi connectivity index (χ0n) is 14.4. The molecule has 0 aromatic heterocycles. The van der Waals surface area contributed by atoms with Gasteiger partial charge in [-0.15, -0.1) is 0 Å². The van der Waals surface area contributed by atoms with Gasteiger partial charge in [0.25, 0.3) is 0 Å². The first-order chi connectivity index (χ1) is 10.1. The van der Waals surface area contributed by atoms with Crippen LogP contribution in [0.15, 0.2) is 18.2 Å². The fraction of sp³-hybridized carbons (Fsp3) is 0.667. The molecule has 0 aliphatic rings. The van der Waals surface area contributed by atoms with Crippen LogP contribution in [0.5, 0.6) is 0 Å². The minimum Gasteiger partial charge on any atom is -0.383 e. The third kappa shape index (κ3) is 6.49. The van der Waals surface area contributed by atoms with Crippen molar-refractivity contribution >= 4 is 5.69 Å². The van der Waals surface area contributed by atoms with Gasteiger partial charge in [0, 0.05) is 32.4 Å². The fourth-order valence-electron chi connectivity index (χ4n) is 2.54. The maximum Gasteiger partial charge on any atom is 0.0637 e. The SMILES string of the molecule is CCCNCc1ccc(N(CCOC)CC(C)C)c(C)c1. The van der Waals surface area contributed by atoms with Crippen LogP contribution in [0.4, 0.5) is 5.69 Å². The molecule has 0 amide bonds. The van der Waals surface area contributed by atoms with E-state index in [1.807, 2.05) is 0 Å². The second-order valence-electron chi connectivity index (χ2n) is 6.13. The van der Waals surface area contributed by atoms with Crippen LogP contribution in [-0.2, 0) is 11.3 Å². The number of benzene rings is 1. The predicted octanol–water partition coefficient (Wildman–Crippen LogP) is 3.60. The Hall–Kier alpha value is -1.06. The van der Waals surface area contributed by atoms with Crippen LogP contribution in [0.25, 0.3) is 0 Å². The molecule has 0 atom stereocenters. The maximum atomic E-state index is 5.25. The molecule has 0 saturated heterocycles. The van der Waals surface area contributed by atoms with Crippen molar-refractivity contribution in [2.45, 2.75) is 40.7 Å². The zero-order valence-corrected chi connectivity index (χ0v) is 14.4. The van der Waals surface area contributed by atoms with Gasteiger partial charge in [-0.3, -0.25) is 0 Å². The van der Waals surface area contributed by atoms with E-state index < -0.39 is 0 Å². The van der Waals surface area contributed by atoms with Crippen LogP contribution >= 0.6 is 0 Å². The molecule has 0 bridgehead atoms. The lowest BCUT2D eigenvalue weighted by molar-refractivity contribution is 0.204. The Morgan fingerprint density at radius 1 is 1.29 bits per heavy atom. The summed E-state index contributed by atoms with van der Waals surface area (Å²) in [5.74, 6) is 0.646. The van der Waals surface area contributed by atoms with Gasteiger partial charge in [-0.25, -0.2) is 0 Å². The summed E-state index contributed by atoms with van der Waals surface area (Å²) in [6.45, 7) is 13.7. The Morgan fingerprint density at radius 2 is 2.05 bits per heavy atom. The van der Waals surface area contributed by atoms with Crippen molar-refractivity contribution in [2.75, 3.05) is 38.3 Å². The fourth-order valence-corrected chi connectivity index (χ4v) is 2.54. The molecular formula is C18H32N2O. The number of hydrogen-bond donors (Lipinski definition) is 1. The molecule has 0 aliphatic heterocycles. The summed E-state index contributed by atoms with van der Waals surface area (Å²) in [6, 6.07) is 6.81. The highest BCUT2D eigenvalue weighted by Gasteiger charge is 2.11. The summed E-state index contributed by atoms with van der Waals surface area (Å²) >= 11 is 0. The first-order valence-corrected chi connectivity index (χ1v) is 8.12. The zero-order chi connectivity index (χ0) is 15.7. The molecule has 1 aromatic carbocycles. The second kappa shape index (κ2) is 9.80. The van der Waals surface area contributed by atoms with Crippen molar-refractivity contribution < 1.29 is 4.74 Å². The molecule has 0 aliphatic carbocycles. The largest absolute Gasteiger partial charge is 0.383 e. The molecule has 0 fully saturated rings. The quantitative estimate of drug-likeness (QED) is 0.667. The Balaban J connectivity index is 2.78. The van der Waals surface area contributed by atoms with Crippen LogP contribution < -0.4 is 10.2 Å². The Bertz CT molecular complexity index is 404. The normalized spacial score (nSPS) is 11.1. The van der Waals surface area contributed by atoms with Gasteiger partial charge in [0.1, 0.15) is 0 Å². The topological polar surface area (TPSA) is 24.5 Å². The number of nitrogens with one attached hydrogen (secondary N) is 1. The lowest BCUT2D eigenvalue weighted by Crippen LogP contribution is -2.31. The minimum absolute atomic E-state index is 0.646. The number of hydrogen-bond acceptors (Lipinski definition) is 3. The lowest BCUT2D eigenvalue weighted by atomic mass is 10.1. The number of methoxy groups -OCH3 is 1. The van der Waals surface area contributed by atoms with E-state index in [1.165, 1.54) is 23.2 Å². The van der Waals surface area contributed by atoms with Crippen LogP contribution in [0.2, 0.25) is 0 Å². The smallest absolute Gasteiger partial charge is 0.0637 e. The van der Waals surface area contributed by atoms with E-state index >= 15 is 0 Å². The molecule has 0 radical (unpaired) electrons. The molecule has 1 N–H and O–H groups in total. The molecule has 0 saturated carbocycles. The summed E-state index contributed by atoms with van der Waals surface area (Å²) in [6.07, 6.45) is 1.18. The van der Waals surface area contributed by atoms with Crippen molar-refractivity contribution in [3.8, 4) is 0 Å². The molecule has 0 unspecified atom stereocenters. The van der Waals surface area contributed by atoms with Gasteiger partial charge in [-0.2, -0.15) is 0 Å². The average Bonchev–Trinajstić information content (AvgIpc) is 2.44. The molecule has 1 aromatic rings. The molecule has 3 nitrogen and oxygen atoms in total. The van der Waals surface area contributed by atoms with Gasteiger partial charge in [-0.1, -0.05) is 32.9 Å². The van der Waals surface area contributed by atoms with E-state index in [1.54, 1.807) is 7.11 Å². The third-order valence-electron chi connectivity index (χ3n) is 3.51. The third-order valence-corrected chi connectivity index (χ3v) is 3.51. The highest BCUT2D eigenvalue weighted by molar-refractivity contribution is 5.54. The Morgan fingerprint density at radius 3 is 2.62 bits per heavy atom.